The first-order valence-electron chi connectivity index (χ1n) is 3.54. The van der Waals surface area contributed by atoms with Crippen molar-refractivity contribution < 1.29 is 4.42 Å². The van der Waals surface area contributed by atoms with E-state index in [2.05, 4.69) is 41.7 Å². The van der Waals surface area contributed by atoms with E-state index in [1.54, 1.807) is 0 Å². The molecule has 0 unspecified atom stereocenters. The number of aryl methyl sites for hydroxylation is 1. The third-order valence-corrected chi connectivity index (χ3v) is 1.82. The Morgan fingerprint density at radius 3 is 2.09 bits per heavy atom. The molecule has 0 saturated heterocycles. The topological polar surface area (TPSA) is 26.0 Å². The van der Waals surface area contributed by atoms with Crippen LogP contribution in [0.5, 0.6) is 0 Å². The van der Waals surface area contributed by atoms with Gasteiger partial charge in [0.15, 0.2) is 0 Å². The first kappa shape index (κ1) is 8.78. The van der Waals surface area contributed by atoms with Crippen LogP contribution in [0.1, 0.15) is 32.2 Å². The molecule has 0 aliphatic rings. The molecular formula is C8H12BrNO. The van der Waals surface area contributed by atoms with Gasteiger partial charge >= 0.3 is 0 Å². The Bertz CT molecular complexity index is 260. The van der Waals surface area contributed by atoms with Gasteiger partial charge < -0.3 is 4.42 Å². The molecule has 2 nitrogen and oxygen atoms in total. The summed E-state index contributed by atoms with van der Waals surface area (Å²) in [6.45, 7) is 8.28. The van der Waals surface area contributed by atoms with E-state index < -0.39 is 0 Å². The molecule has 1 aromatic rings. The molecule has 1 rings (SSSR count). The molecule has 1 heterocycles. The third-order valence-electron chi connectivity index (χ3n) is 1.48. The van der Waals surface area contributed by atoms with Crippen LogP contribution in [0.4, 0.5) is 0 Å². The summed E-state index contributed by atoms with van der Waals surface area (Å²) >= 11 is 3.20. The first-order valence-corrected chi connectivity index (χ1v) is 4.34. The van der Waals surface area contributed by atoms with E-state index >= 15 is 0 Å². The van der Waals surface area contributed by atoms with Gasteiger partial charge in [0.1, 0.15) is 5.76 Å². The molecular weight excluding hydrogens is 206 g/mol. The third kappa shape index (κ3) is 1.83. The van der Waals surface area contributed by atoms with Crippen molar-refractivity contribution >= 4 is 15.9 Å². The second kappa shape index (κ2) is 2.63. The SMILES string of the molecule is Cc1oc(Br)nc1C(C)(C)C. The van der Waals surface area contributed by atoms with Crippen LogP contribution >= 0.6 is 15.9 Å². The fourth-order valence-electron chi connectivity index (χ4n) is 1.06. The van der Waals surface area contributed by atoms with E-state index in [-0.39, 0.29) is 5.41 Å². The molecule has 3 heteroatoms. The lowest BCUT2D eigenvalue weighted by Crippen LogP contribution is -2.12. The summed E-state index contributed by atoms with van der Waals surface area (Å²) in [5, 5.41) is 0. The van der Waals surface area contributed by atoms with Gasteiger partial charge in [0.2, 0.25) is 0 Å². The van der Waals surface area contributed by atoms with Gasteiger partial charge in [-0.25, -0.2) is 4.98 Å². The largest absolute Gasteiger partial charge is 0.436 e. The van der Waals surface area contributed by atoms with Gasteiger partial charge in [-0.15, -0.1) is 0 Å². The van der Waals surface area contributed by atoms with Crippen LogP contribution in [0.3, 0.4) is 0 Å². The average molecular weight is 218 g/mol. The molecule has 0 amide bonds. The molecule has 0 aliphatic heterocycles. The fraction of sp³-hybridized carbons (Fsp3) is 0.625. The van der Waals surface area contributed by atoms with E-state index in [1.165, 1.54) is 0 Å². The number of halogens is 1. The van der Waals surface area contributed by atoms with Crippen LogP contribution < -0.4 is 0 Å². The van der Waals surface area contributed by atoms with Gasteiger partial charge in [-0.2, -0.15) is 0 Å². The van der Waals surface area contributed by atoms with Crippen molar-refractivity contribution in [3.63, 3.8) is 0 Å². The Hall–Kier alpha value is -0.310. The highest BCUT2D eigenvalue weighted by Crippen LogP contribution is 2.26. The molecule has 0 aromatic carbocycles. The summed E-state index contributed by atoms with van der Waals surface area (Å²) in [6.07, 6.45) is 0. The summed E-state index contributed by atoms with van der Waals surface area (Å²) in [4.78, 5) is 4.80. The van der Waals surface area contributed by atoms with Gasteiger partial charge in [-0.3, -0.25) is 0 Å². The van der Waals surface area contributed by atoms with Crippen molar-refractivity contribution in [2.75, 3.05) is 0 Å². The Morgan fingerprint density at radius 1 is 1.36 bits per heavy atom. The van der Waals surface area contributed by atoms with Crippen molar-refractivity contribution in [1.82, 2.24) is 4.98 Å². The number of oxazole rings is 1. The highest BCUT2D eigenvalue weighted by molar-refractivity contribution is 9.10. The zero-order chi connectivity index (χ0) is 8.65. The first-order chi connectivity index (χ1) is 4.91. The van der Waals surface area contributed by atoms with E-state index in [4.69, 9.17) is 4.42 Å². The Balaban J connectivity index is 3.13. The molecule has 0 N–H and O–H groups in total. The minimum absolute atomic E-state index is 0.0691. The van der Waals surface area contributed by atoms with Gasteiger partial charge in [0.25, 0.3) is 4.80 Å². The smallest absolute Gasteiger partial charge is 0.264 e. The van der Waals surface area contributed by atoms with E-state index in [1.807, 2.05) is 6.92 Å². The van der Waals surface area contributed by atoms with Crippen LogP contribution in [0.15, 0.2) is 9.22 Å². The van der Waals surface area contributed by atoms with Crippen LogP contribution in [0, 0.1) is 6.92 Å². The van der Waals surface area contributed by atoms with Gasteiger partial charge in [-0.05, 0) is 6.92 Å². The molecule has 0 bridgehead atoms. The van der Waals surface area contributed by atoms with Crippen molar-refractivity contribution in [3.8, 4) is 0 Å². The van der Waals surface area contributed by atoms with E-state index in [9.17, 15) is 0 Å². The number of hydrogen-bond donors (Lipinski definition) is 0. The number of aromatic nitrogens is 1. The highest BCUT2D eigenvalue weighted by Gasteiger charge is 2.21. The molecule has 0 atom stereocenters. The fourth-order valence-corrected chi connectivity index (χ4v) is 1.48. The molecule has 0 radical (unpaired) electrons. The molecule has 1 aromatic heterocycles. The molecule has 0 saturated carbocycles. The van der Waals surface area contributed by atoms with Crippen molar-refractivity contribution in [1.29, 1.82) is 0 Å². The summed E-state index contributed by atoms with van der Waals surface area (Å²) in [5.74, 6) is 0.893. The predicted octanol–water partition coefficient (Wildman–Crippen LogP) is 3.04. The molecule has 0 spiro atoms. The van der Waals surface area contributed by atoms with Crippen molar-refractivity contribution in [2.24, 2.45) is 0 Å². The van der Waals surface area contributed by atoms with Crippen LogP contribution in [-0.4, -0.2) is 4.98 Å². The van der Waals surface area contributed by atoms with Crippen LogP contribution in [0.2, 0.25) is 0 Å². The minimum Gasteiger partial charge on any atom is -0.436 e. The standard InChI is InChI=1S/C8H12BrNO/c1-5-6(8(2,3)4)10-7(9)11-5/h1-4H3. The van der Waals surface area contributed by atoms with Gasteiger partial charge in [0, 0.05) is 21.3 Å². The van der Waals surface area contributed by atoms with Crippen LogP contribution in [-0.2, 0) is 5.41 Å². The second-order valence-electron chi connectivity index (χ2n) is 3.62. The Morgan fingerprint density at radius 2 is 1.91 bits per heavy atom. The van der Waals surface area contributed by atoms with Gasteiger partial charge in [0.05, 0.1) is 5.69 Å². The molecule has 11 heavy (non-hydrogen) atoms. The predicted molar refractivity (Wildman–Crippen MR) is 47.6 cm³/mol. The molecule has 0 aliphatic carbocycles. The zero-order valence-corrected chi connectivity index (χ0v) is 8.82. The quantitative estimate of drug-likeness (QED) is 0.668. The number of rotatable bonds is 0. The summed E-state index contributed by atoms with van der Waals surface area (Å²) < 4.78 is 5.25. The monoisotopic (exact) mass is 217 g/mol. The zero-order valence-electron chi connectivity index (χ0n) is 7.23. The summed E-state index contributed by atoms with van der Waals surface area (Å²) in [6, 6.07) is 0. The molecule has 0 fully saturated rings. The Labute approximate surface area is 75.1 Å². The summed E-state index contributed by atoms with van der Waals surface area (Å²) in [7, 11) is 0. The lowest BCUT2D eigenvalue weighted by molar-refractivity contribution is 0.488. The number of nitrogens with zero attached hydrogens (tertiary/aromatic N) is 1. The lowest BCUT2D eigenvalue weighted by atomic mass is 9.91. The maximum absolute atomic E-state index is 5.25. The highest BCUT2D eigenvalue weighted by atomic mass is 79.9. The normalized spacial score (nSPS) is 12.1. The van der Waals surface area contributed by atoms with E-state index in [0.717, 1.165) is 11.5 Å². The maximum Gasteiger partial charge on any atom is 0.264 e. The van der Waals surface area contributed by atoms with Crippen molar-refractivity contribution in [2.45, 2.75) is 33.1 Å². The average Bonchev–Trinajstić information content (AvgIpc) is 2.08. The number of hydrogen-bond acceptors (Lipinski definition) is 2. The second-order valence-corrected chi connectivity index (χ2v) is 4.30. The van der Waals surface area contributed by atoms with Crippen molar-refractivity contribution in [3.05, 3.63) is 16.3 Å². The van der Waals surface area contributed by atoms with Gasteiger partial charge in [-0.1, -0.05) is 20.8 Å². The molecule has 62 valence electrons. The van der Waals surface area contributed by atoms with Crippen LogP contribution in [0.25, 0.3) is 0 Å². The summed E-state index contributed by atoms with van der Waals surface area (Å²) in [5.41, 5.74) is 1.09. The maximum atomic E-state index is 5.25. The Kier molecular flexibility index (Phi) is 2.10. The minimum atomic E-state index is 0.0691. The lowest BCUT2D eigenvalue weighted by Gasteiger charge is -2.14. The van der Waals surface area contributed by atoms with E-state index in [0.29, 0.717) is 4.80 Å².